The van der Waals surface area contributed by atoms with Gasteiger partial charge in [-0.3, -0.25) is 4.79 Å². The molecule has 1 aromatic carbocycles. The number of hydrogen-bond donors (Lipinski definition) is 2. The van der Waals surface area contributed by atoms with Crippen molar-refractivity contribution < 1.29 is 17.9 Å². The summed E-state index contributed by atoms with van der Waals surface area (Å²) in [6.07, 6.45) is 2.11. The number of carbonyl (C=O) groups is 1. The maximum atomic E-state index is 12.5. The van der Waals surface area contributed by atoms with Gasteiger partial charge in [-0.05, 0) is 43.4 Å². The van der Waals surface area contributed by atoms with Crippen molar-refractivity contribution >= 4 is 21.6 Å². The molecule has 132 valence electrons. The number of nitrogens with one attached hydrogen (secondary N) is 1. The molecule has 7 heteroatoms. The summed E-state index contributed by atoms with van der Waals surface area (Å²) in [7, 11) is -2.58. The van der Waals surface area contributed by atoms with Crippen LogP contribution in [0.1, 0.15) is 27.7 Å². The predicted octanol–water partition coefficient (Wildman–Crippen LogP) is 2.52. The number of nitrogens with two attached hydrogens (primary N) is 1. The number of primary sulfonamides is 1. The van der Waals surface area contributed by atoms with Crippen molar-refractivity contribution in [2.24, 2.45) is 22.4 Å². The fraction of sp³-hybridized carbons (Fsp3) is 0.471. The molecule has 2 unspecified atom stereocenters. The van der Waals surface area contributed by atoms with Gasteiger partial charge >= 0.3 is 0 Å². The summed E-state index contributed by atoms with van der Waals surface area (Å²) in [6.45, 7) is 8.10. The molecule has 0 spiro atoms. The van der Waals surface area contributed by atoms with Crippen LogP contribution < -0.4 is 15.2 Å². The molecule has 3 N–H and O–H groups in total. The number of sulfonamides is 1. The molecule has 0 heterocycles. The largest absolute Gasteiger partial charge is 0.495 e. The summed E-state index contributed by atoms with van der Waals surface area (Å²) < 4.78 is 28.3. The molecule has 1 aliphatic rings. The van der Waals surface area contributed by atoms with Gasteiger partial charge < -0.3 is 10.1 Å². The maximum absolute atomic E-state index is 12.5. The Morgan fingerprint density at radius 3 is 2.46 bits per heavy atom. The van der Waals surface area contributed by atoms with Crippen LogP contribution in [0.25, 0.3) is 0 Å². The lowest BCUT2D eigenvalue weighted by Crippen LogP contribution is -2.18. The normalized spacial score (nSPS) is 21.8. The number of hydrogen-bond acceptors (Lipinski definition) is 4. The van der Waals surface area contributed by atoms with Crippen LogP contribution in [0.4, 0.5) is 5.69 Å². The van der Waals surface area contributed by atoms with E-state index in [0.717, 1.165) is 0 Å². The van der Waals surface area contributed by atoms with Crippen molar-refractivity contribution in [1.29, 1.82) is 0 Å². The quantitative estimate of drug-likeness (QED) is 0.796. The topological polar surface area (TPSA) is 98.5 Å². The SMILES string of the molecule is COc1ccc(NC(=O)C2C(C=C(C)C)C2(C)C)cc1S(N)(=O)=O. The van der Waals surface area contributed by atoms with Crippen molar-refractivity contribution in [3.63, 3.8) is 0 Å². The standard InChI is InChI=1S/C17H24N2O4S/c1-10(2)8-12-15(17(12,3)4)16(20)19-11-6-7-13(23-5)14(9-11)24(18,21)22/h6-9,12,15H,1-5H3,(H,19,20)(H2,18,21,22). The molecule has 1 amide bonds. The first-order valence-electron chi connectivity index (χ1n) is 7.65. The van der Waals surface area contributed by atoms with Gasteiger partial charge in [-0.25, -0.2) is 13.6 Å². The summed E-state index contributed by atoms with van der Waals surface area (Å²) >= 11 is 0. The Kier molecular flexibility index (Phi) is 4.79. The van der Waals surface area contributed by atoms with Gasteiger partial charge in [0.05, 0.1) is 13.0 Å². The zero-order valence-corrected chi connectivity index (χ0v) is 15.4. The van der Waals surface area contributed by atoms with Crippen molar-refractivity contribution in [3.8, 4) is 5.75 Å². The second-order valence-electron chi connectivity index (χ2n) is 6.97. The second-order valence-corrected chi connectivity index (χ2v) is 8.50. The minimum atomic E-state index is -3.94. The van der Waals surface area contributed by atoms with E-state index in [4.69, 9.17) is 9.88 Å². The Balaban J connectivity index is 2.24. The Labute approximate surface area is 143 Å². The highest BCUT2D eigenvalue weighted by Gasteiger charge is 2.60. The van der Waals surface area contributed by atoms with Gasteiger partial charge in [0.15, 0.2) is 0 Å². The number of allylic oxidation sites excluding steroid dienone is 2. The Bertz CT molecular complexity index is 793. The molecule has 0 aromatic heterocycles. The van der Waals surface area contributed by atoms with Crippen LogP contribution in [0.5, 0.6) is 5.75 Å². The maximum Gasteiger partial charge on any atom is 0.241 e. The summed E-state index contributed by atoms with van der Waals surface area (Å²) in [5, 5.41) is 7.98. The molecule has 0 radical (unpaired) electrons. The lowest BCUT2D eigenvalue weighted by molar-refractivity contribution is -0.118. The summed E-state index contributed by atoms with van der Waals surface area (Å²) in [6, 6.07) is 4.38. The van der Waals surface area contributed by atoms with Crippen LogP contribution in [-0.4, -0.2) is 21.4 Å². The second kappa shape index (κ2) is 6.22. The molecule has 0 aliphatic heterocycles. The molecule has 2 rings (SSSR count). The minimum Gasteiger partial charge on any atom is -0.495 e. The summed E-state index contributed by atoms with van der Waals surface area (Å²) in [5.41, 5.74) is 1.43. The third-order valence-corrected chi connectivity index (χ3v) is 5.38. The molecule has 2 atom stereocenters. The van der Waals surface area contributed by atoms with Crippen LogP contribution in [-0.2, 0) is 14.8 Å². The van der Waals surface area contributed by atoms with Crippen LogP contribution in [0.3, 0.4) is 0 Å². The highest BCUT2D eigenvalue weighted by atomic mass is 32.2. The number of rotatable bonds is 5. The highest BCUT2D eigenvalue weighted by molar-refractivity contribution is 7.89. The Morgan fingerprint density at radius 2 is 1.96 bits per heavy atom. The van der Waals surface area contributed by atoms with Crippen LogP contribution in [0, 0.1) is 17.3 Å². The molecule has 0 saturated heterocycles. The van der Waals surface area contributed by atoms with Crippen molar-refractivity contribution in [2.45, 2.75) is 32.6 Å². The van der Waals surface area contributed by atoms with Gasteiger partial charge in [-0.15, -0.1) is 0 Å². The zero-order valence-electron chi connectivity index (χ0n) is 14.6. The molecule has 24 heavy (non-hydrogen) atoms. The molecular formula is C17H24N2O4S. The van der Waals surface area contributed by atoms with E-state index >= 15 is 0 Å². The summed E-state index contributed by atoms with van der Waals surface area (Å²) in [5.74, 6) is 0.0450. The Morgan fingerprint density at radius 1 is 1.33 bits per heavy atom. The van der Waals surface area contributed by atoms with E-state index in [1.165, 1.54) is 24.8 Å². The number of anilines is 1. The fourth-order valence-corrected chi connectivity index (χ4v) is 3.77. The van der Waals surface area contributed by atoms with Crippen LogP contribution >= 0.6 is 0 Å². The van der Waals surface area contributed by atoms with Gasteiger partial charge in [-0.2, -0.15) is 0 Å². The first-order valence-corrected chi connectivity index (χ1v) is 9.20. The number of benzene rings is 1. The van der Waals surface area contributed by atoms with Gasteiger partial charge in [0.25, 0.3) is 0 Å². The van der Waals surface area contributed by atoms with E-state index in [9.17, 15) is 13.2 Å². The monoisotopic (exact) mass is 352 g/mol. The zero-order chi connectivity index (χ0) is 18.3. The van der Waals surface area contributed by atoms with Crippen molar-refractivity contribution in [2.75, 3.05) is 12.4 Å². The number of methoxy groups -OCH3 is 1. The molecule has 1 aromatic rings. The lowest BCUT2D eigenvalue weighted by atomic mass is 10.1. The first-order chi connectivity index (χ1) is 11.0. The third kappa shape index (κ3) is 3.62. The van der Waals surface area contributed by atoms with Gasteiger partial charge in [-0.1, -0.05) is 25.5 Å². The first kappa shape index (κ1) is 18.5. The number of amides is 1. The molecule has 0 bridgehead atoms. The van der Waals surface area contributed by atoms with Gasteiger partial charge in [0.1, 0.15) is 10.6 Å². The van der Waals surface area contributed by atoms with E-state index in [1.807, 2.05) is 27.7 Å². The predicted molar refractivity (Wildman–Crippen MR) is 93.2 cm³/mol. The van der Waals surface area contributed by atoms with E-state index < -0.39 is 10.0 Å². The lowest BCUT2D eigenvalue weighted by Gasteiger charge is -2.10. The smallest absolute Gasteiger partial charge is 0.241 e. The minimum absolute atomic E-state index is 0.114. The van der Waals surface area contributed by atoms with Gasteiger partial charge in [0.2, 0.25) is 15.9 Å². The Hall–Kier alpha value is -1.86. The highest BCUT2D eigenvalue weighted by Crippen LogP contribution is 2.59. The molecule has 1 saturated carbocycles. The van der Waals surface area contributed by atoms with Crippen molar-refractivity contribution in [1.82, 2.24) is 0 Å². The molecule has 1 fully saturated rings. The van der Waals surface area contributed by atoms with Gasteiger partial charge in [0, 0.05) is 5.69 Å². The van der Waals surface area contributed by atoms with Crippen molar-refractivity contribution in [3.05, 3.63) is 29.8 Å². The van der Waals surface area contributed by atoms with E-state index in [1.54, 1.807) is 6.07 Å². The van der Waals surface area contributed by atoms with Crippen LogP contribution in [0.15, 0.2) is 34.7 Å². The van der Waals surface area contributed by atoms with Crippen LogP contribution in [0.2, 0.25) is 0 Å². The molecule has 1 aliphatic carbocycles. The fourth-order valence-electron chi connectivity index (χ4n) is 3.05. The number of ether oxygens (including phenoxy) is 1. The summed E-state index contributed by atoms with van der Waals surface area (Å²) in [4.78, 5) is 12.4. The average molecular weight is 352 g/mol. The van der Waals surface area contributed by atoms with E-state index in [0.29, 0.717) is 5.69 Å². The van der Waals surface area contributed by atoms with E-state index in [2.05, 4.69) is 11.4 Å². The average Bonchev–Trinajstić information content (AvgIpc) is 2.98. The van der Waals surface area contributed by atoms with E-state index in [-0.39, 0.29) is 33.8 Å². The number of carbonyl (C=O) groups excluding carboxylic acids is 1. The molecule has 6 nitrogen and oxygen atoms in total. The third-order valence-electron chi connectivity index (χ3n) is 4.44. The molecular weight excluding hydrogens is 328 g/mol.